The Kier molecular flexibility index (Phi) is 18.5. The number of hydrogen-bond acceptors (Lipinski definition) is 4. The number of esters is 1. The van der Waals surface area contributed by atoms with Gasteiger partial charge in [-0.3, -0.25) is 9.35 Å². The third kappa shape index (κ3) is 17.7. The zero-order valence-electron chi connectivity index (χ0n) is 18.7. The number of rotatable bonds is 20. The Balaban J connectivity index is 3.80. The van der Waals surface area contributed by atoms with Gasteiger partial charge in [0.25, 0.3) is 10.1 Å². The van der Waals surface area contributed by atoms with E-state index in [2.05, 4.69) is 19.1 Å². The minimum absolute atomic E-state index is 0.124. The molecule has 0 rings (SSSR count). The fraction of sp³-hybridized carbons (Fsp3) is 0.870. The highest BCUT2D eigenvalue weighted by Crippen LogP contribution is 2.15. The maximum atomic E-state index is 11.9. The minimum atomic E-state index is -4.41. The first-order valence-corrected chi connectivity index (χ1v) is 13.2. The predicted molar refractivity (Wildman–Crippen MR) is 121 cm³/mol. The zero-order chi connectivity index (χ0) is 21.8. The summed E-state index contributed by atoms with van der Waals surface area (Å²) in [6.07, 6.45) is 20.9. The third-order valence-electron chi connectivity index (χ3n) is 5.09. The summed E-state index contributed by atoms with van der Waals surface area (Å²) < 4.78 is 37.3. The van der Waals surface area contributed by atoms with Crippen molar-refractivity contribution in [3.8, 4) is 0 Å². The van der Waals surface area contributed by atoms with Gasteiger partial charge in [0.15, 0.2) is 5.25 Å². The highest BCUT2D eigenvalue weighted by atomic mass is 32.2. The molecule has 0 aliphatic carbocycles. The largest absolute Gasteiger partial charge is 0.465 e. The Morgan fingerprint density at radius 3 is 1.83 bits per heavy atom. The Labute approximate surface area is 179 Å². The second kappa shape index (κ2) is 19.1. The van der Waals surface area contributed by atoms with Gasteiger partial charge in [-0.15, -0.1) is 0 Å². The van der Waals surface area contributed by atoms with Gasteiger partial charge in [0, 0.05) is 0 Å². The molecule has 1 atom stereocenters. The third-order valence-corrected chi connectivity index (χ3v) is 6.24. The maximum absolute atomic E-state index is 11.9. The van der Waals surface area contributed by atoms with Crippen LogP contribution in [0.3, 0.4) is 0 Å². The van der Waals surface area contributed by atoms with Gasteiger partial charge in [-0.1, -0.05) is 90.2 Å². The lowest BCUT2D eigenvalue weighted by molar-refractivity contribution is -0.143. The van der Waals surface area contributed by atoms with E-state index < -0.39 is 21.3 Å². The van der Waals surface area contributed by atoms with Crippen molar-refractivity contribution in [1.29, 1.82) is 0 Å². The number of ether oxygens (including phenoxy) is 1. The van der Waals surface area contributed by atoms with Crippen LogP contribution in [0.4, 0.5) is 0 Å². The van der Waals surface area contributed by atoms with Crippen molar-refractivity contribution in [2.24, 2.45) is 0 Å². The molecule has 0 aromatic rings. The van der Waals surface area contributed by atoms with E-state index in [0.717, 1.165) is 44.9 Å². The Hall–Kier alpha value is -0.880. The topological polar surface area (TPSA) is 80.7 Å². The second-order valence-corrected chi connectivity index (χ2v) is 9.50. The zero-order valence-corrected chi connectivity index (χ0v) is 19.6. The van der Waals surface area contributed by atoms with Crippen molar-refractivity contribution in [2.75, 3.05) is 6.61 Å². The molecule has 0 aromatic carbocycles. The molecule has 0 aliphatic rings. The number of unbranched alkanes of at least 4 members (excludes halogenated alkanes) is 12. The van der Waals surface area contributed by atoms with Gasteiger partial charge in [-0.2, -0.15) is 8.42 Å². The second-order valence-electron chi connectivity index (χ2n) is 7.90. The summed E-state index contributed by atoms with van der Waals surface area (Å²) in [5.74, 6) is -0.818. The molecule has 0 aliphatic heterocycles. The van der Waals surface area contributed by atoms with Gasteiger partial charge in [-0.05, 0) is 38.5 Å². The van der Waals surface area contributed by atoms with Crippen LogP contribution in [0.1, 0.15) is 117 Å². The van der Waals surface area contributed by atoms with E-state index in [1.165, 1.54) is 38.5 Å². The molecule has 0 saturated carbocycles. The van der Waals surface area contributed by atoms with Crippen LogP contribution >= 0.6 is 0 Å². The van der Waals surface area contributed by atoms with E-state index >= 15 is 0 Å². The summed E-state index contributed by atoms with van der Waals surface area (Å²) in [5, 5.41) is -1.44. The molecule has 0 bridgehead atoms. The summed E-state index contributed by atoms with van der Waals surface area (Å²) in [6, 6.07) is 0. The van der Waals surface area contributed by atoms with E-state index in [0.29, 0.717) is 12.8 Å². The van der Waals surface area contributed by atoms with Crippen LogP contribution in [0.25, 0.3) is 0 Å². The van der Waals surface area contributed by atoms with Crippen LogP contribution in [-0.4, -0.2) is 30.8 Å². The highest BCUT2D eigenvalue weighted by Gasteiger charge is 2.31. The maximum Gasteiger partial charge on any atom is 0.326 e. The summed E-state index contributed by atoms with van der Waals surface area (Å²) >= 11 is 0. The van der Waals surface area contributed by atoms with Crippen molar-refractivity contribution in [3.05, 3.63) is 12.2 Å². The van der Waals surface area contributed by atoms with Crippen molar-refractivity contribution in [3.63, 3.8) is 0 Å². The quantitative estimate of drug-likeness (QED) is 0.101. The van der Waals surface area contributed by atoms with Gasteiger partial charge in [0.1, 0.15) is 0 Å². The molecule has 0 aromatic heterocycles. The lowest BCUT2D eigenvalue weighted by atomic mass is 10.1. The van der Waals surface area contributed by atoms with Crippen molar-refractivity contribution in [2.45, 2.75) is 122 Å². The van der Waals surface area contributed by atoms with Gasteiger partial charge >= 0.3 is 5.97 Å². The van der Waals surface area contributed by atoms with Crippen molar-refractivity contribution >= 4 is 16.1 Å². The van der Waals surface area contributed by atoms with Gasteiger partial charge in [0.05, 0.1) is 6.61 Å². The minimum Gasteiger partial charge on any atom is -0.465 e. The van der Waals surface area contributed by atoms with E-state index in [1.807, 2.05) is 6.92 Å². The molecule has 29 heavy (non-hydrogen) atoms. The fourth-order valence-electron chi connectivity index (χ4n) is 3.23. The molecule has 5 nitrogen and oxygen atoms in total. The molecular weight excluding hydrogens is 388 g/mol. The van der Waals surface area contributed by atoms with Crippen LogP contribution in [0.15, 0.2) is 12.2 Å². The molecule has 172 valence electrons. The average Bonchev–Trinajstić information content (AvgIpc) is 2.67. The summed E-state index contributed by atoms with van der Waals surface area (Å²) in [6.45, 7) is 4.48. The van der Waals surface area contributed by atoms with Crippen LogP contribution in [0, 0.1) is 0 Å². The first-order valence-electron chi connectivity index (χ1n) is 11.7. The molecular formula is C23H44O5S. The number of allylic oxidation sites excluding steroid dienone is 2. The van der Waals surface area contributed by atoms with Crippen LogP contribution < -0.4 is 0 Å². The fourth-order valence-corrected chi connectivity index (χ4v) is 4.01. The predicted octanol–water partition coefficient (Wildman–Crippen LogP) is 6.62. The average molecular weight is 433 g/mol. The molecule has 1 unspecified atom stereocenters. The molecule has 1 N–H and O–H groups in total. The summed E-state index contributed by atoms with van der Waals surface area (Å²) in [7, 11) is -4.41. The Bertz CT molecular complexity index is 513. The molecule has 0 radical (unpaired) electrons. The molecule has 6 heteroatoms. The molecule has 0 amide bonds. The van der Waals surface area contributed by atoms with Crippen LogP contribution in [0.5, 0.6) is 0 Å². The standard InChI is InChI=1S/C23H44O5S/c1-3-5-7-8-9-10-11-12-13-14-15-16-17-18-20-22(29(25,26)27)23(24)28-21-19-6-4-2/h12-13,22H,3-11,14-21H2,1-2H3,(H,25,26,27)/b13-12-. The molecule has 0 fully saturated rings. The normalized spacial score (nSPS) is 13.1. The Morgan fingerprint density at radius 1 is 0.793 bits per heavy atom. The Morgan fingerprint density at radius 2 is 1.28 bits per heavy atom. The van der Waals surface area contributed by atoms with E-state index in [9.17, 15) is 17.8 Å². The van der Waals surface area contributed by atoms with Crippen molar-refractivity contribution in [1.82, 2.24) is 0 Å². The van der Waals surface area contributed by atoms with Crippen LogP contribution in [-0.2, 0) is 19.6 Å². The van der Waals surface area contributed by atoms with E-state index in [4.69, 9.17) is 4.74 Å². The van der Waals surface area contributed by atoms with Gasteiger partial charge < -0.3 is 4.74 Å². The number of carbonyl (C=O) groups is 1. The summed E-state index contributed by atoms with van der Waals surface area (Å²) in [4.78, 5) is 11.9. The first-order chi connectivity index (χ1) is 13.9. The van der Waals surface area contributed by atoms with E-state index in [1.54, 1.807) is 0 Å². The van der Waals surface area contributed by atoms with Gasteiger partial charge in [0.2, 0.25) is 0 Å². The lowest BCUT2D eigenvalue weighted by Crippen LogP contribution is -2.32. The van der Waals surface area contributed by atoms with Crippen molar-refractivity contribution < 1.29 is 22.5 Å². The lowest BCUT2D eigenvalue weighted by Gasteiger charge is -2.13. The van der Waals surface area contributed by atoms with Gasteiger partial charge in [-0.25, -0.2) is 0 Å². The highest BCUT2D eigenvalue weighted by molar-refractivity contribution is 7.87. The smallest absolute Gasteiger partial charge is 0.326 e. The summed E-state index contributed by atoms with van der Waals surface area (Å²) in [5.41, 5.74) is 0. The SMILES string of the molecule is CCCCCCCC/C=C\CCCCCCC(C(=O)OCCCCC)S(=O)(=O)O. The molecule has 0 spiro atoms. The number of carbonyl (C=O) groups excluding carboxylic acids is 1. The first kappa shape index (κ1) is 28.1. The monoisotopic (exact) mass is 432 g/mol. The molecule has 0 heterocycles. The van der Waals surface area contributed by atoms with Crippen LogP contribution in [0.2, 0.25) is 0 Å². The number of hydrogen-bond donors (Lipinski definition) is 1. The van der Waals surface area contributed by atoms with E-state index in [-0.39, 0.29) is 13.0 Å². The molecule has 0 saturated heterocycles.